The first kappa shape index (κ1) is 9.09. The molecule has 1 aromatic heterocycles. The Balaban J connectivity index is 2.51. The van der Waals surface area contributed by atoms with Gasteiger partial charge in [0.05, 0.1) is 5.52 Å². The van der Waals surface area contributed by atoms with Crippen LogP contribution in [0.3, 0.4) is 0 Å². The smallest absolute Gasteiger partial charge is 0.120 e. The summed E-state index contributed by atoms with van der Waals surface area (Å²) >= 11 is 0. The van der Waals surface area contributed by atoms with Gasteiger partial charge in [-0.2, -0.15) is 0 Å². The van der Waals surface area contributed by atoms with Crippen LogP contribution in [0, 0.1) is 0 Å². The molecule has 1 unspecified atom stereocenters. The van der Waals surface area contributed by atoms with Gasteiger partial charge in [-0.1, -0.05) is 18.2 Å². The highest BCUT2D eigenvalue weighted by Gasteiger charge is 2.07. The van der Waals surface area contributed by atoms with Crippen LogP contribution in [-0.4, -0.2) is 16.8 Å². The molecule has 0 saturated carbocycles. The number of fused-ring (bicyclic) bond motifs is 1. The van der Waals surface area contributed by atoms with Crippen LogP contribution in [0.1, 0.15) is 11.7 Å². The van der Waals surface area contributed by atoms with Crippen molar-refractivity contribution >= 4 is 10.9 Å². The Kier molecular flexibility index (Phi) is 2.41. The van der Waals surface area contributed by atoms with E-state index in [9.17, 15) is 9.50 Å². The molecular formula is C11H10FNO. The molecule has 1 aromatic carbocycles. The number of para-hydroxylation sites is 1. The zero-order valence-corrected chi connectivity index (χ0v) is 7.52. The summed E-state index contributed by atoms with van der Waals surface area (Å²) in [5.74, 6) is 0. The van der Waals surface area contributed by atoms with Crippen molar-refractivity contribution in [2.24, 2.45) is 0 Å². The lowest BCUT2D eigenvalue weighted by Crippen LogP contribution is -1.99. The summed E-state index contributed by atoms with van der Waals surface area (Å²) in [4.78, 5) is 4.12. The lowest BCUT2D eigenvalue weighted by Gasteiger charge is -2.06. The lowest BCUT2D eigenvalue weighted by molar-refractivity contribution is 0.141. The van der Waals surface area contributed by atoms with Gasteiger partial charge in [0.15, 0.2) is 0 Å². The van der Waals surface area contributed by atoms with Crippen LogP contribution in [0.2, 0.25) is 0 Å². The molecule has 1 atom stereocenters. The first-order valence-corrected chi connectivity index (χ1v) is 4.40. The van der Waals surface area contributed by atoms with E-state index in [1.165, 1.54) is 6.20 Å². The quantitative estimate of drug-likeness (QED) is 0.789. The molecule has 0 amide bonds. The van der Waals surface area contributed by atoms with Crippen molar-refractivity contribution in [2.45, 2.75) is 6.10 Å². The van der Waals surface area contributed by atoms with Crippen molar-refractivity contribution in [1.29, 1.82) is 0 Å². The molecule has 2 nitrogen and oxygen atoms in total. The van der Waals surface area contributed by atoms with Gasteiger partial charge in [0.1, 0.15) is 12.8 Å². The average molecular weight is 191 g/mol. The van der Waals surface area contributed by atoms with Crippen molar-refractivity contribution in [3.63, 3.8) is 0 Å². The van der Waals surface area contributed by atoms with E-state index >= 15 is 0 Å². The van der Waals surface area contributed by atoms with Crippen LogP contribution in [0.4, 0.5) is 4.39 Å². The number of halogens is 1. The minimum Gasteiger partial charge on any atom is -0.386 e. The van der Waals surface area contributed by atoms with E-state index in [2.05, 4.69) is 4.98 Å². The van der Waals surface area contributed by atoms with E-state index in [4.69, 9.17) is 0 Å². The third-order valence-corrected chi connectivity index (χ3v) is 2.14. The molecular weight excluding hydrogens is 181 g/mol. The molecule has 72 valence electrons. The van der Waals surface area contributed by atoms with E-state index in [-0.39, 0.29) is 0 Å². The van der Waals surface area contributed by atoms with Crippen LogP contribution >= 0.6 is 0 Å². The van der Waals surface area contributed by atoms with Gasteiger partial charge in [-0.15, -0.1) is 0 Å². The predicted octanol–water partition coefficient (Wildman–Crippen LogP) is 2.24. The van der Waals surface area contributed by atoms with Crippen molar-refractivity contribution in [1.82, 2.24) is 4.98 Å². The molecule has 0 saturated heterocycles. The second kappa shape index (κ2) is 3.72. The number of benzene rings is 1. The van der Waals surface area contributed by atoms with Crippen molar-refractivity contribution in [2.75, 3.05) is 6.67 Å². The van der Waals surface area contributed by atoms with Crippen LogP contribution in [0.5, 0.6) is 0 Å². The number of rotatable bonds is 2. The van der Waals surface area contributed by atoms with Gasteiger partial charge in [0, 0.05) is 17.1 Å². The largest absolute Gasteiger partial charge is 0.386 e. The van der Waals surface area contributed by atoms with Gasteiger partial charge < -0.3 is 5.11 Å². The molecule has 0 spiro atoms. The number of aromatic nitrogens is 1. The Bertz CT molecular complexity index is 444. The fraction of sp³-hybridized carbons (Fsp3) is 0.182. The van der Waals surface area contributed by atoms with Gasteiger partial charge in [-0.25, -0.2) is 4.39 Å². The molecule has 3 heteroatoms. The molecule has 1 N–H and O–H groups in total. The summed E-state index contributed by atoms with van der Waals surface area (Å²) in [5.41, 5.74) is 1.37. The highest BCUT2D eigenvalue weighted by Crippen LogP contribution is 2.18. The summed E-state index contributed by atoms with van der Waals surface area (Å²) in [6, 6.07) is 9.29. The Hall–Kier alpha value is -1.48. The normalized spacial score (nSPS) is 13.0. The number of aliphatic hydroxyl groups excluding tert-OH is 1. The maximum Gasteiger partial charge on any atom is 0.120 e. The van der Waals surface area contributed by atoms with Crippen molar-refractivity contribution < 1.29 is 9.50 Å². The van der Waals surface area contributed by atoms with E-state index in [1.807, 2.05) is 24.3 Å². The molecule has 1 heterocycles. The predicted molar refractivity (Wildman–Crippen MR) is 52.7 cm³/mol. The molecule has 0 fully saturated rings. The molecule has 14 heavy (non-hydrogen) atoms. The highest BCUT2D eigenvalue weighted by molar-refractivity contribution is 5.78. The van der Waals surface area contributed by atoms with Crippen LogP contribution in [-0.2, 0) is 0 Å². The molecule has 0 radical (unpaired) electrons. The molecule has 0 bridgehead atoms. The molecule has 0 aliphatic heterocycles. The van der Waals surface area contributed by atoms with Crippen LogP contribution < -0.4 is 0 Å². The fourth-order valence-corrected chi connectivity index (χ4v) is 1.36. The lowest BCUT2D eigenvalue weighted by atomic mass is 10.1. The van der Waals surface area contributed by atoms with E-state index in [0.29, 0.717) is 5.56 Å². The molecule has 0 aliphatic rings. The van der Waals surface area contributed by atoms with Gasteiger partial charge in [-0.05, 0) is 12.1 Å². The van der Waals surface area contributed by atoms with Crippen molar-refractivity contribution in [3.8, 4) is 0 Å². The third kappa shape index (κ3) is 1.59. The number of pyridine rings is 1. The average Bonchev–Trinajstić information content (AvgIpc) is 2.27. The van der Waals surface area contributed by atoms with Gasteiger partial charge >= 0.3 is 0 Å². The fourth-order valence-electron chi connectivity index (χ4n) is 1.36. The summed E-state index contributed by atoms with van der Waals surface area (Å²) < 4.78 is 12.2. The second-order valence-corrected chi connectivity index (χ2v) is 3.13. The van der Waals surface area contributed by atoms with E-state index < -0.39 is 12.8 Å². The van der Waals surface area contributed by atoms with Crippen molar-refractivity contribution in [3.05, 3.63) is 42.1 Å². The monoisotopic (exact) mass is 191 g/mol. The summed E-state index contributed by atoms with van der Waals surface area (Å²) in [6.07, 6.45) is 0.444. The molecule has 0 aliphatic carbocycles. The van der Waals surface area contributed by atoms with E-state index in [1.54, 1.807) is 6.07 Å². The third-order valence-electron chi connectivity index (χ3n) is 2.14. The first-order chi connectivity index (χ1) is 6.81. The molecule has 2 aromatic rings. The second-order valence-electron chi connectivity index (χ2n) is 3.13. The zero-order chi connectivity index (χ0) is 9.97. The maximum absolute atomic E-state index is 12.2. The SMILES string of the molecule is OC(CF)c1cnc2ccccc2c1. The Morgan fingerprint density at radius 2 is 2.14 bits per heavy atom. The number of hydrogen-bond acceptors (Lipinski definition) is 2. The topological polar surface area (TPSA) is 33.1 Å². The summed E-state index contributed by atoms with van der Waals surface area (Å²) in [6.45, 7) is -0.778. The number of nitrogens with zero attached hydrogens (tertiary/aromatic N) is 1. The minimum absolute atomic E-state index is 0.520. The summed E-state index contributed by atoms with van der Waals surface area (Å²) in [7, 11) is 0. The highest BCUT2D eigenvalue weighted by atomic mass is 19.1. The van der Waals surface area contributed by atoms with Gasteiger partial charge in [0.25, 0.3) is 0 Å². The maximum atomic E-state index is 12.2. The zero-order valence-electron chi connectivity index (χ0n) is 7.52. The Morgan fingerprint density at radius 3 is 2.93 bits per heavy atom. The van der Waals surface area contributed by atoms with Crippen LogP contribution in [0.15, 0.2) is 36.5 Å². The van der Waals surface area contributed by atoms with Gasteiger partial charge in [0.2, 0.25) is 0 Å². The number of aliphatic hydroxyl groups is 1. The summed E-state index contributed by atoms with van der Waals surface area (Å²) in [5, 5.41) is 10.2. The van der Waals surface area contributed by atoms with Gasteiger partial charge in [-0.3, -0.25) is 4.98 Å². The Labute approximate surface area is 81.0 Å². The standard InChI is InChI=1S/C11H10FNO/c12-6-11(14)9-5-8-3-1-2-4-10(8)13-7-9/h1-5,7,11,14H,6H2. The Morgan fingerprint density at radius 1 is 1.36 bits per heavy atom. The number of hydrogen-bond donors (Lipinski definition) is 1. The minimum atomic E-state index is -1.06. The van der Waals surface area contributed by atoms with E-state index in [0.717, 1.165) is 10.9 Å². The number of alkyl halides is 1. The first-order valence-electron chi connectivity index (χ1n) is 4.40. The van der Waals surface area contributed by atoms with Crippen LogP contribution in [0.25, 0.3) is 10.9 Å². The molecule has 2 rings (SSSR count).